The van der Waals surface area contributed by atoms with Crippen molar-refractivity contribution >= 4 is 5.97 Å². The van der Waals surface area contributed by atoms with E-state index in [1.54, 1.807) is 36.7 Å². The second-order valence-electron chi connectivity index (χ2n) is 3.58. The number of pyridine rings is 1. The first kappa shape index (κ1) is 11.3. The van der Waals surface area contributed by atoms with Crippen LogP contribution in [-0.4, -0.2) is 16.1 Å². The molecule has 2 rings (SSSR count). The quantitative estimate of drug-likeness (QED) is 0.883. The highest BCUT2D eigenvalue weighted by Crippen LogP contribution is 2.25. The van der Waals surface area contributed by atoms with E-state index in [1.165, 1.54) is 6.07 Å². The number of halogens is 1. The van der Waals surface area contributed by atoms with E-state index < -0.39 is 11.8 Å². The lowest BCUT2D eigenvalue weighted by atomic mass is 9.98. The SMILES string of the molecule is O=C(O)Cc1c(F)cccc1-c1cccnc1. The van der Waals surface area contributed by atoms with Gasteiger partial charge in [0.15, 0.2) is 0 Å². The van der Waals surface area contributed by atoms with Crippen molar-refractivity contribution in [2.75, 3.05) is 0 Å². The fourth-order valence-corrected chi connectivity index (χ4v) is 1.68. The summed E-state index contributed by atoms with van der Waals surface area (Å²) in [4.78, 5) is 14.7. The molecule has 1 N–H and O–H groups in total. The molecule has 0 saturated heterocycles. The number of hydrogen-bond acceptors (Lipinski definition) is 2. The Hall–Kier alpha value is -2.23. The van der Waals surface area contributed by atoms with Crippen molar-refractivity contribution in [2.45, 2.75) is 6.42 Å². The molecule has 0 amide bonds. The third-order valence-electron chi connectivity index (χ3n) is 2.42. The predicted molar refractivity (Wildman–Crippen MR) is 61.0 cm³/mol. The lowest BCUT2D eigenvalue weighted by Crippen LogP contribution is -2.04. The summed E-state index contributed by atoms with van der Waals surface area (Å²) < 4.78 is 13.6. The third kappa shape index (κ3) is 2.47. The molecule has 86 valence electrons. The number of carboxylic acids is 1. The number of nitrogens with zero attached hydrogens (tertiary/aromatic N) is 1. The molecule has 0 aliphatic heterocycles. The second kappa shape index (κ2) is 4.74. The van der Waals surface area contributed by atoms with Crippen LogP contribution in [0.5, 0.6) is 0 Å². The minimum Gasteiger partial charge on any atom is -0.481 e. The topological polar surface area (TPSA) is 50.2 Å². The summed E-state index contributed by atoms with van der Waals surface area (Å²) in [5, 5.41) is 8.78. The minimum absolute atomic E-state index is 0.188. The van der Waals surface area contributed by atoms with Gasteiger partial charge in [-0.05, 0) is 17.7 Å². The van der Waals surface area contributed by atoms with Gasteiger partial charge in [0.25, 0.3) is 0 Å². The Kier molecular flexibility index (Phi) is 3.14. The van der Waals surface area contributed by atoms with Crippen LogP contribution in [0.4, 0.5) is 4.39 Å². The van der Waals surface area contributed by atoms with E-state index in [0.717, 1.165) is 0 Å². The molecule has 0 unspecified atom stereocenters. The van der Waals surface area contributed by atoms with Gasteiger partial charge in [-0.25, -0.2) is 4.39 Å². The maximum Gasteiger partial charge on any atom is 0.307 e. The molecule has 0 radical (unpaired) electrons. The monoisotopic (exact) mass is 231 g/mol. The van der Waals surface area contributed by atoms with Crippen LogP contribution in [0.2, 0.25) is 0 Å². The molecule has 4 heteroatoms. The fourth-order valence-electron chi connectivity index (χ4n) is 1.68. The van der Waals surface area contributed by atoms with E-state index in [1.807, 2.05) is 0 Å². The van der Waals surface area contributed by atoms with Crippen LogP contribution < -0.4 is 0 Å². The fraction of sp³-hybridized carbons (Fsp3) is 0.0769. The Labute approximate surface area is 97.6 Å². The largest absolute Gasteiger partial charge is 0.481 e. The van der Waals surface area contributed by atoms with Gasteiger partial charge in [-0.2, -0.15) is 0 Å². The summed E-state index contributed by atoms with van der Waals surface area (Å²) in [6.45, 7) is 0. The van der Waals surface area contributed by atoms with Crippen LogP contribution in [0.15, 0.2) is 42.7 Å². The van der Waals surface area contributed by atoms with Crippen LogP contribution in [0, 0.1) is 5.82 Å². The molecule has 3 nitrogen and oxygen atoms in total. The Balaban J connectivity index is 2.54. The molecule has 0 saturated carbocycles. The van der Waals surface area contributed by atoms with Crippen molar-refractivity contribution in [3.63, 3.8) is 0 Å². The number of rotatable bonds is 3. The number of carbonyl (C=O) groups is 1. The highest BCUT2D eigenvalue weighted by molar-refractivity contribution is 5.76. The van der Waals surface area contributed by atoms with Gasteiger partial charge in [0.05, 0.1) is 6.42 Å². The standard InChI is InChI=1S/C13H10FNO2/c14-12-5-1-4-10(11(12)7-13(16)17)9-3-2-6-15-8-9/h1-6,8H,7H2,(H,16,17). The molecule has 1 heterocycles. The average Bonchev–Trinajstić information content (AvgIpc) is 2.32. The van der Waals surface area contributed by atoms with Crippen LogP contribution in [0.3, 0.4) is 0 Å². The highest BCUT2D eigenvalue weighted by Gasteiger charge is 2.13. The van der Waals surface area contributed by atoms with Crippen molar-refractivity contribution in [2.24, 2.45) is 0 Å². The molecule has 2 aromatic rings. The van der Waals surface area contributed by atoms with Gasteiger partial charge in [0.1, 0.15) is 5.82 Å². The number of benzene rings is 1. The average molecular weight is 231 g/mol. The van der Waals surface area contributed by atoms with Crippen molar-refractivity contribution < 1.29 is 14.3 Å². The molecule has 0 bridgehead atoms. The normalized spacial score (nSPS) is 10.2. The van der Waals surface area contributed by atoms with Crippen LogP contribution >= 0.6 is 0 Å². The maximum absolute atomic E-state index is 13.6. The third-order valence-corrected chi connectivity index (χ3v) is 2.42. The highest BCUT2D eigenvalue weighted by atomic mass is 19.1. The molecule has 0 spiro atoms. The van der Waals surface area contributed by atoms with E-state index in [2.05, 4.69) is 4.98 Å². The molecule has 0 atom stereocenters. The summed E-state index contributed by atoms with van der Waals surface area (Å²) >= 11 is 0. The van der Waals surface area contributed by atoms with Gasteiger partial charge in [-0.15, -0.1) is 0 Å². The first-order valence-electron chi connectivity index (χ1n) is 5.08. The molecule has 0 aliphatic carbocycles. The molecule has 1 aromatic heterocycles. The summed E-state index contributed by atoms with van der Waals surface area (Å²) in [6.07, 6.45) is 2.86. The van der Waals surface area contributed by atoms with Gasteiger partial charge in [-0.3, -0.25) is 9.78 Å². The van der Waals surface area contributed by atoms with Gasteiger partial charge >= 0.3 is 5.97 Å². The van der Waals surface area contributed by atoms with Crippen molar-refractivity contribution in [1.82, 2.24) is 4.98 Å². The van der Waals surface area contributed by atoms with Gasteiger partial charge < -0.3 is 5.11 Å². The Morgan fingerprint density at radius 1 is 1.29 bits per heavy atom. The molecular formula is C13H10FNO2. The van der Waals surface area contributed by atoms with Gasteiger partial charge in [0, 0.05) is 23.5 Å². The Bertz CT molecular complexity index is 540. The molecular weight excluding hydrogens is 221 g/mol. The zero-order valence-electron chi connectivity index (χ0n) is 8.93. The number of carboxylic acid groups (broad SMARTS) is 1. The van der Waals surface area contributed by atoms with Crippen molar-refractivity contribution in [1.29, 1.82) is 0 Å². The van der Waals surface area contributed by atoms with E-state index in [9.17, 15) is 9.18 Å². The smallest absolute Gasteiger partial charge is 0.307 e. The van der Waals surface area contributed by atoms with E-state index in [-0.39, 0.29) is 12.0 Å². The molecule has 0 fully saturated rings. The number of hydrogen-bond donors (Lipinski definition) is 1. The van der Waals surface area contributed by atoms with Crippen molar-refractivity contribution in [3.8, 4) is 11.1 Å². The summed E-state index contributed by atoms with van der Waals surface area (Å²) in [7, 11) is 0. The predicted octanol–water partition coefficient (Wildman–Crippen LogP) is 2.51. The number of aromatic nitrogens is 1. The summed E-state index contributed by atoms with van der Waals surface area (Å²) in [6, 6.07) is 8.01. The van der Waals surface area contributed by atoms with E-state index in [0.29, 0.717) is 11.1 Å². The maximum atomic E-state index is 13.6. The van der Waals surface area contributed by atoms with E-state index >= 15 is 0 Å². The van der Waals surface area contributed by atoms with Gasteiger partial charge in [0.2, 0.25) is 0 Å². The van der Waals surface area contributed by atoms with Crippen molar-refractivity contribution in [3.05, 3.63) is 54.1 Å². The minimum atomic E-state index is -1.06. The second-order valence-corrected chi connectivity index (χ2v) is 3.58. The van der Waals surface area contributed by atoms with Crippen LogP contribution in [0.1, 0.15) is 5.56 Å². The molecule has 17 heavy (non-hydrogen) atoms. The lowest BCUT2D eigenvalue weighted by molar-refractivity contribution is -0.136. The molecule has 1 aromatic carbocycles. The van der Waals surface area contributed by atoms with Crippen LogP contribution in [0.25, 0.3) is 11.1 Å². The Morgan fingerprint density at radius 3 is 2.76 bits per heavy atom. The zero-order chi connectivity index (χ0) is 12.3. The number of aliphatic carboxylic acids is 1. The zero-order valence-corrected chi connectivity index (χ0v) is 8.93. The summed E-state index contributed by atoms with van der Waals surface area (Å²) in [5.74, 6) is -1.56. The van der Waals surface area contributed by atoms with Crippen LogP contribution in [-0.2, 0) is 11.2 Å². The summed E-state index contributed by atoms with van der Waals surface area (Å²) in [5.41, 5.74) is 1.47. The lowest BCUT2D eigenvalue weighted by Gasteiger charge is -2.08. The first-order chi connectivity index (χ1) is 8.18. The van der Waals surface area contributed by atoms with Gasteiger partial charge in [-0.1, -0.05) is 18.2 Å². The van der Waals surface area contributed by atoms with E-state index in [4.69, 9.17) is 5.11 Å². The first-order valence-corrected chi connectivity index (χ1v) is 5.08. The molecule has 0 aliphatic rings. The Morgan fingerprint density at radius 2 is 2.12 bits per heavy atom.